The molecule has 0 aliphatic carbocycles. The van der Waals surface area contributed by atoms with E-state index < -0.39 is 0 Å². The molecule has 0 N–H and O–H groups in total. The highest BCUT2D eigenvalue weighted by atomic mass is 15.1. The van der Waals surface area contributed by atoms with Crippen molar-refractivity contribution in [2.75, 3.05) is 4.90 Å². The molecule has 0 saturated heterocycles. The second kappa shape index (κ2) is 11.9. The van der Waals surface area contributed by atoms with Gasteiger partial charge in [-0.25, -0.2) is 0 Å². The Bertz CT molecular complexity index is 2170. The lowest BCUT2D eigenvalue weighted by Gasteiger charge is -2.32. The summed E-state index contributed by atoms with van der Waals surface area (Å²) in [5.41, 5.74) is 11.0. The molecule has 0 atom stereocenters. The van der Waals surface area contributed by atoms with Gasteiger partial charge in [-0.15, -0.1) is 0 Å². The summed E-state index contributed by atoms with van der Waals surface area (Å²) in [6.07, 6.45) is 0. The van der Waals surface area contributed by atoms with Gasteiger partial charge in [0.1, 0.15) is 0 Å². The smallest absolute Gasteiger partial charge is 0.0540 e. The minimum Gasteiger partial charge on any atom is -0.310 e. The quantitative estimate of drug-likeness (QED) is 0.188. The maximum absolute atomic E-state index is 2.48. The molecule has 0 radical (unpaired) electrons. The van der Waals surface area contributed by atoms with Crippen LogP contribution in [0.5, 0.6) is 0 Å². The van der Waals surface area contributed by atoms with Crippen molar-refractivity contribution in [3.8, 4) is 22.3 Å². The van der Waals surface area contributed by atoms with E-state index >= 15 is 0 Å². The molecule has 0 bridgehead atoms. The van der Waals surface area contributed by atoms with E-state index in [-0.39, 0.29) is 10.8 Å². The van der Waals surface area contributed by atoms with E-state index in [2.05, 4.69) is 198 Å². The van der Waals surface area contributed by atoms with Crippen LogP contribution in [0.15, 0.2) is 152 Å². The average Bonchev–Trinajstić information content (AvgIpc) is 3.07. The summed E-state index contributed by atoms with van der Waals surface area (Å²) >= 11 is 0. The fourth-order valence-electron chi connectivity index (χ4n) is 6.67. The number of hydrogen-bond donors (Lipinski definition) is 0. The summed E-state index contributed by atoms with van der Waals surface area (Å²) in [6, 6.07) is 55.8. The Balaban J connectivity index is 1.55. The van der Waals surface area contributed by atoms with E-state index in [0.717, 1.165) is 11.4 Å². The van der Waals surface area contributed by atoms with Crippen LogP contribution in [0, 0.1) is 0 Å². The van der Waals surface area contributed by atoms with Gasteiger partial charge in [-0.1, -0.05) is 163 Å². The molecule has 0 fully saturated rings. The molecular formula is C46H43N. The lowest BCUT2D eigenvalue weighted by molar-refractivity contribution is 0.569. The van der Waals surface area contributed by atoms with Crippen molar-refractivity contribution in [2.45, 2.75) is 52.4 Å². The summed E-state index contributed by atoms with van der Waals surface area (Å²) in [5.74, 6) is 0. The third kappa shape index (κ3) is 5.95. The van der Waals surface area contributed by atoms with Gasteiger partial charge in [0.05, 0.1) is 5.69 Å². The van der Waals surface area contributed by atoms with E-state index in [1.165, 1.54) is 60.6 Å². The fourth-order valence-corrected chi connectivity index (χ4v) is 6.67. The molecule has 1 heteroatoms. The summed E-state index contributed by atoms with van der Waals surface area (Å²) < 4.78 is 0. The highest BCUT2D eigenvalue weighted by Gasteiger charge is 2.25. The number of hydrogen-bond acceptors (Lipinski definition) is 1. The molecule has 0 unspecified atom stereocenters. The molecule has 0 heterocycles. The van der Waals surface area contributed by atoms with Crippen molar-refractivity contribution in [3.05, 3.63) is 163 Å². The van der Waals surface area contributed by atoms with E-state index in [1.807, 2.05) is 0 Å². The molecule has 0 amide bonds. The van der Waals surface area contributed by atoms with Crippen LogP contribution in [-0.2, 0) is 10.8 Å². The Hall–Kier alpha value is -5.14. The average molecular weight is 610 g/mol. The normalized spacial score (nSPS) is 12.0. The van der Waals surface area contributed by atoms with Gasteiger partial charge in [0.15, 0.2) is 0 Å². The van der Waals surface area contributed by atoms with Gasteiger partial charge in [0, 0.05) is 16.9 Å². The first-order valence-electron chi connectivity index (χ1n) is 16.7. The van der Waals surface area contributed by atoms with Crippen LogP contribution < -0.4 is 4.90 Å². The number of para-hydroxylation sites is 1. The molecule has 7 rings (SSSR count). The van der Waals surface area contributed by atoms with E-state index in [4.69, 9.17) is 0 Å². The standard InChI is InChI=1S/C46H43N/c1-45(2,3)36-29-37(46(4,5)6)31-39(30-36)47(38-27-26-32-16-10-11-19-35(32)28-38)43-25-13-12-22-41(43)42-24-15-21-34-20-14-23-40(44(34)42)33-17-8-7-9-18-33/h7-31H,1-6H3. The lowest BCUT2D eigenvalue weighted by atomic mass is 9.80. The second-order valence-electron chi connectivity index (χ2n) is 14.7. The number of fused-ring (bicyclic) bond motifs is 2. The predicted molar refractivity (Wildman–Crippen MR) is 204 cm³/mol. The fraction of sp³-hybridized carbons (Fsp3) is 0.174. The predicted octanol–water partition coefficient (Wildman–Crippen LogP) is 13.4. The van der Waals surface area contributed by atoms with Crippen molar-refractivity contribution in [2.24, 2.45) is 0 Å². The van der Waals surface area contributed by atoms with Gasteiger partial charge >= 0.3 is 0 Å². The van der Waals surface area contributed by atoms with Crippen molar-refractivity contribution >= 4 is 38.6 Å². The van der Waals surface area contributed by atoms with Crippen LogP contribution >= 0.6 is 0 Å². The topological polar surface area (TPSA) is 3.24 Å². The summed E-state index contributed by atoms with van der Waals surface area (Å²) in [7, 11) is 0. The summed E-state index contributed by atoms with van der Waals surface area (Å²) in [5, 5.41) is 4.98. The summed E-state index contributed by atoms with van der Waals surface area (Å²) in [6.45, 7) is 13.9. The van der Waals surface area contributed by atoms with Crippen LogP contribution in [0.3, 0.4) is 0 Å². The monoisotopic (exact) mass is 609 g/mol. The number of nitrogens with zero attached hydrogens (tertiary/aromatic N) is 1. The van der Waals surface area contributed by atoms with Crippen LogP contribution in [-0.4, -0.2) is 0 Å². The highest BCUT2D eigenvalue weighted by Crippen LogP contribution is 2.46. The van der Waals surface area contributed by atoms with Crippen molar-refractivity contribution in [3.63, 3.8) is 0 Å². The maximum Gasteiger partial charge on any atom is 0.0540 e. The van der Waals surface area contributed by atoms with E-state index in [1.54, 1.807) is 0 Å². The second-order valence-corrected chi connectivity index (χ2v) is 14.7. The summed E-state index contributed by atoms with van der Waals surface area (Å²) in [4.78, 5) is 2.48. The molecule has 232 valence electrons. The van der Waals surface area contributed by atoms with Crippen LogP contribution in [0.2, 0.25) is 0 Å². The first-order chi connectivity index (χ1) is 22.6. The van der Waals surface area contributed by atoms with Gasteiger partial charge in [-0.3, -0.25) is 0 Å². The Kier molecular flexibility index (Phi) is 7.73. The maximum atomic E-state index is 2.48. The largest absolute Gasteiger partial charge is 0.310 e. The van der Waals surface area contributed by atoms with Crippen molar-refractivity contribution in [1.82, 2.24) is 0 Å². The molecule has 7 aromatic rings. The zero-order valence-electron chi connectivity index (χ0n) is 28.4. The van der Waals surface area contributed by atoms with Gasteiger partial charge in [0.25, 0.3) is 0 Å². The first-order valence-corrected chi connectivity index (χ1v) is 16.7. The van der Waals surface area contributed by atoms with Gasteiger partial charge in [-0.05, 0) is 90.5 Å². The molecule has 47 heavy (non-hydrogen) atoms. The minimum atomic E-state index is -0.00913. The Morgan fingerprint density at radius 1 is 0.383 bits per heavy atom. The Morgan fingerprint density at radius 3 is 1.62 bits per heavy atom. The van der Waals surface area contributed by atoms with Gasteiger partial charge in [-0.2, -0.15) is 0 Å². The minimum absolute atomic E-state index is 0.00913. The molecule has 1 nitrogen and oxygen atoms in total. The molecule has 0 aliphatic heterocycles. The van der Waals surface area contributed by atoms with E-state index in [0.29, 0.717) is 0 Å². The Morgan fingerprint density at radius 2 is 0.936 bits per heavy atom. The molecule has 0 aromatic heterocycles. The van der Waals surface area contributed by atoms with Crippen LogP contribution in [0.25, 0.3) is 43.8 Å². The SMILES string of the molecule is CC(C)(C)c1cc(N(c2ccc3ccccc3c2)c2ccccc2-c2cccc3cccc(-c4ccccc4)c23)cc(C(C)(C)C)c1. The van der Waals surface area contributed by atoms with Gasteiger partial charge < -0.3 is 4.90 Å². The number of rotatable bonds is 5. The highest BCUT2D eigenvalue weighted by molar-refractivity contribution is 6.09. The van der Waals surface area contributed by atoms with E-state index in [9.17, 15) is 0 Å². The van der Waals surface area contributed by atoms with Crippen molar-refractivity contribution < 1.29 is 0 Å². The Labute approximate surface area is 280 Å². The zero-order chi connectivity index (χ0) is 32.8. The first kappa shape index (κ1) is 30.5. The molecule has 0 saturated carbocycles. The number of benzene rings is 7. The van der Waals surface area contributed by atoms with Crippen molar-refractivity contribution in [1.29, 1.82) is 0 Å². The molecule has 0 aliphatic rings. The third-order valence-electron chi connectivity index (χ3n) is 9.32. The van der Waals surface area contributed by atoms with Crippen LogP contribution in [0.1, 0.15) is 52.7 Å². The molecular weight excluding hydrogens is 567 g/mol. The van der Waals surface area contributed by atoms with Crippen LogP contribution in [0.4, 0.5) is 17.1 Å². The van der Waals surface area contributed by atoms with Gasteiger partial charge in [0.2, 0.25) is 0 Å². The number of anilines is 3. The lowest BCUT2D eigenvalue weighted by Crippen LogP contribution is -2.19. The molecule has 7 aromatic carbocycles. The zero-order valence-corrected chi connectivity index (χ0v) is 28.4. The third-order valence-corrected chi connectivity index (χ3v) is 9.32. The molecule has 0 spiro atoms.